The molecule has 2 N–H and O–H groups in total. The first kappa shape index (κ1) is 11.1. The number of ketones is 1. The maximum absolute atomic E-state index is 12.9. The van der Waals surface area contributed by atoms with Gasteiger partial charge in [0.2, 0.25) is 0 Å². The van der Waals surface area contributed by atoms with Crippen LogP contribution < -0.4 is 5.73 Å². The fourth-order valence-electron chi connectivity index (χ4n) is 1.20. The summed E-state index contributed by atoms with van der Waals surface area (Å²) in [6, 6.07) is 2.38. The van der Waals surface area contributed by atoms with Gasteiger partial charge in [-0.05, 0) is 31.2 Å². The van der Waals surface area contributed by atoms with Gasteiger partial charge in [-0.15, -0.1) is 0 Å². The van der Waals surface area contributed by atoms with Gasteiger partial charge in [-0.1, -0.05) is 11.6 Å². The molecule has 0 bridgehead atoms. The van der Waals surface area contributed by atoms with Crippen LogP contribution in [0.2, 0.25) is 5.02 Å². The molecular formula is C10H11ClFNO. The number of carbonyl (C=O) groups is 1. The molecule has 1 rings (SSSR count). The highest BCUT2D eigenvalue weighted by molar-refractivity contribution is 6.31. The number of rotatable bonds is 3. The summed E-state index contributed by atoms with van der Waals surface area (Å²) in [7, 11) is 0. The van der Waals surface area contributed by atoms with Gasteiger partial charge in [-0.2, -0.15) is 0 Å². The Morgan fingerprint density at radius 1 is 1.57 bits per heavy atom. The average Bonchev–Trinajstić information content (AvgIpc) is 2.11. The van der Waals surface area contributed by atoms with E-state index in [1.54, 1.807) is 6.92 Å². The molecule has 76 valence electrons. The van der Waals surface area contributed by atoms with E-state index in [1.807, 2.05) is 0 Å². The molecule has 0 heterocycles. The van der Waals surface area contributed by atoms with Crippen LogP contribution in [0.3, 0.4) is 0 Å². The molecule has 0 aliphatic carbocycles. The quantitative estimate of drug-likeness (QED) is 0.787. The van der Waals surface area contributed by atoms with E-state index in [0.717, 1.165) is 0 Å². The summed E-state index contributed by atoms with van der Waals surface area (Å²) in [6.45, 7) is 1.94. The standard InChI is InChI=1S/C10H11ClFNO/c1-6-8(10(14)2-3-13)4-7(12)5-9(6)11/h4-5H,2-3,13H2,1H3. The number of halogens is 2. The number of nitrogens with two attached hydrogens (primary N) is 1. The maximum Gasteiger partial charge on any atom is 0.164 e. The van der Waals surface area contributed by atoms with Crippen LogP contribution in [-0.2, 0) is 0 Å². The maximum atomic E-state index is 12.9. The third kappa shape index (κ3) is 2.30. The molecular weight excluding hydrogens is 205 g/mol. The van der Waals surface area contributed by atoms with Crippen molar-refractivity contribution in [3.8, 4) is 0 Å². The van der Waals surface area contributed by atoms with Gasteiger partial charge in [-0.3, -0.25) is 4.79 Å². The van der Waals surface area contributed by atoms with E-state index >= 15 is 0 Å². The van der Waals surface area contributed by atoms with E-state index in [0.29, 0.717) is 11.1 Å². The van der Waals surface area contributed by atoms with Crippen LogP contribution in [0.1, 0.15) is 22.3 Å². The van der Waals surface area contributed by atoms with Gasteiger partial charge in [0.1, 0.15) is 5.82 Å². The highest BCUT2D eigenvalue weighted by Gasteiger charge is 2.12. The predicted molar refractivity (Wildman–Crippen MR) is 54.1 cm³/mol. The predicted octanol–water partition coefficient (Wildman–Crippen LogP) is 2.32. The number of carbonyl (C=O) groups excluding carboxylic acids is 1. The van der Waals surface area contributed by atoms with Gasteiger partial charge in [0.25, 0.3) is 0 Å². The summed E-state index contributed by atoms with van der Waals surface area (Å²) in [5.41, 5.74) is 6.17. The monoisotopic (exact) mass is 215 g/mol. The van der Waals surface area contributed by atoms with Crippen LogP contribution in [0.4, 0.5) is 4.39 Å². The van der Waals surface area contributed by atoms with E-state index < -0.39 is 5.82 Å². The second kappa shape index (κ2) is 4.53. The highest BCUT2D eigenvalue weighted by Crippen LogP contribution is 2.21. The lowest BCUT2D eigenvalue weighted by Crippen LogP contribution is -2.10. The first-order valence-electron chi connectivity index (χ1n) is 4.25. The molecule has 0 saturated carbocycles. The molecule has 0 spiro atoms. The smallest absolute Gasteiger partial charge is 0.164 e. The van der Waals surface area contributed by atoms with Crippen molar-refractivity contribution in [2.45, 2.75) is 13.3 Å². The van der Waals surface area contributed by atoms with Crippen molar-refractivity contribution in [3.05, 3.63) is 34.1 Å². The Labute approximate surface area is 86.9 Å². The lowest BCUT2D eigenvalue weighted by Gasteiger charge is -2.06. The molecule has 14 heavy (non-hydrogen) atoms. The molecule has 0 aliphatic rings. The summed E-state index contributed by atoms with van der Waals surface area (Å²) in [4.78, 5) is 11.5. The molecule has 0 aromatic heterocycles. The third-order valence-electron chi connectivity index (χ3n) is 1.98. The van der Waals surface area contributed by atoms with Crippen LogP contribution in [0.15, 0.2) is 12.1 Å². The van der Waals surface area contributed by atoms with Crippen molar-refractivity contribution < 1.29 is 9.18 Å². The number of hydrogen-bond acceptors (Lipinski definition) is 2. The lowest BCUT2D eigenvalue weighted by atomic mass is 10.0. The lowest BCUT2D eigenvalue weighted by molar-refractivity contribution is 0.0984. The molecule has 0 amide bonds. The van der Waals surface area contributed by atoms with Gasteiger partial charge in [0, 0.05) is 17.0 Å². The summed E-state index contributed by atoms with van der Waals surface area (Å²) in [5.74, 6) is -0.674. The first-order valence-corrected chi connectivity index (χ1v) is 4.63. The van der Waals surface area contributed by atoms with Gasteiger partial charge in [0.05, 0.1) is 0 Å². The minimum absolute atomic E-state index is 0.175. The molecule has 0 saturated heterocycles. The second-order valence-electron chi connectivity index (χ2n) is 3.02. The van der Waals surface area contributed by atoms with Gasteiger partial charge in [-0.25, -0.2) is 4.39 Å². The summed E-state index contributed by atoms with van der Waals surface area (Å²) >= 11 is 5.74. The third-order valence-corrected chi connectivity index (χ3v) is 2.37. The van der Waals surface area contributed by atoms with Crippen molar-refractivity contribution in [3.63, 3.8) is 0 Å². The van der Waals surface area contributed by atoms with Crippen LogP contribution >= 0.6 is 11.6 Å². The van der Waals surface area contributed by atoms with Gasteiger partial charge >= 0.3 is 0 Å². The zero-order valence-corrected chi connectivity index (χ0v) is 8.57. The van der Waals surface area contributed by atoms with Crippen LogP contribution in [0, 0.1) is 12.7 Å². The van der Waals surface area contributed by atoms with E-state index in [-0.39, 0.29) is 23.8 Å². The van der Waals surface area contributed by atoms with E-state index in [1.165, 1.54) is 12.1 Å². The molecule has 0 unspecified atom stereocenters. The van der Waals surface area contributed by atoms with Crippen LogP contribution in [-0.4, -0.2) is 12.3 Å². The molecule has 0 aliphatic heterocycles. The molecule has 1 aromatic carbocycles. The minimum atomic E-state index is -0.499. The topological polar surface area (TPSA) is 43.1 Å². The first-order chi connectivity index (χ1) is 6.56. The number of Topliss-reactive ketones (excluding diaryl/α,β-unsaturated/α-hetero) is 1. The molecule has 0 atom stereocenters. The average molecular weight is 216 g/mol. The van der Waals surface area contributed by atoms with Crippen molar-refractivity contribution in [1.29, 1.82) is 0 Å². The van der Waals surface area contributed by atoms with E-state index in [2.05, 4.69) is 0 Å². The van der Waals surface area contributed by atoms with E-state index in [9.17, 15) is 9.18 Å². The van der Waals surface area contributed by atoms with Crippen molar-refractivity contribution in [2.75, 3.05) is 6.54 Å². The molecule has 4 heteroatoms. The van der Waals surface area contributed by atoms with Gasteiger partial charge in [0.15, 0.2) is 5.78 Å². The zero-order chi connectivity index (χ0) is 10.7. The molecule has 1 aromatic rings. The number of hydrogen-bond donors (Lipinski definition) is 1. The minimum Gasteiger partial charge on any atom is -0.330 e. The highest BCUT2D eigenvalue weighted by atomic mass is 35.5. The zero-order valence-electron chi connectivity index (χ0n) is 7.81. The van der Waals surface area contributed by atoms with Gasteiger partial charge < -0.3 is 5.73 Å². The Balaban J connectivity index is 3.13. The Hall–Kier alpha value is -0.930. The Kier molecular flexibility index (Phi) is 3.61. The summed E-state index contributed by atoms with van der Waals surface area (Å²) in [6.07, 6.45) is 0.209. The molecule has 0 radical (unpaired) electrons. The molecule has 0 fully saturated rings. The van der Waals surface area contributed by atoms with Crippen LogP contribution in [0.5, 0.6) is 0 Å². The van der Waals surface area contributed by atoms with Crippen molar-refractivity contribution in [1.82, 2.24) is 0 Å². The normalized spacial score (nSPS) is 10.3. The largest absolute Gasteiger partial charge is 0.330 e. The number of benzene rings is 1. The fraction of sp³-hybridized carbons (Fsp3) is 0.300. The second-order valence-corrected chi connectivity index (χ2v) is 3.43. The Morgan fingerprint density at radius 2 is 2.21 bits per heavy atom. The fourth-order valence-corrected chi connectivity index (χ4v) is 1.41. The summed E-state index contributed by atoms with van der Waals surface area (Å²) in [5, 5.41) is 0.269. The molecule has 2 nitrogen and oxygen atoms in total. The summed E-state index contributed by atoms with van der Waals surface area (Å²) < 4.78 is 12.9. The van der Waals surface area contributed by atoms with Crippen molar-refractivity contribution in [2.24, 2.45) is 5.73 Å². The van der Waals surface area contributed by atoms with Crippen molar-refractivity contribution >= 4 is 17.4 Å². The van der Waals surface area contributed by atoms with Crippen LogP contribution in [0.25, 0.3) is 0 Å². The van der Waals surface area contributed by atoms with E-state index in [4.69, 9.17) is 17.3 Å². The SMILES string of the molecule is Cc1c(Cl)cc(F)cc1C(=O)CCN. The Bertz CT molecular complexity index is 365. The Morgan fingerprint density at radius 3 is 2.79 bits per heavy atom.